The van der Waals surface area contributed by atoms with Crippen LogP contribution >= 0.6 is 11.8 Å². The lowest BCUT2D eigenvalue weighted by atomic mass is 10.3. The quantitative estimate of drug-likeness (QED) is 0.810. The molecule has 0 aliphatic carbocycles. The largest absolute Gasteiger partial charge is 0.497 e. The van der Waals surface area contributed by atoms with Crippen molar-refractivity contribution in [2.45, 2.75) is 6.92 Å². The fourth-order valence-electron chi connectivity index (χ4n) is 2.40. The average Bonchev–Trinajstić information content (AvgIpc) is 3.03. The van der Waals surface area contributed by atoms with Crippen molar-refractivity contribution in [2.75, 3.05) is 14.2 Å². The Bertz CT molecular complexity index is 806. The van der Waals surface area contributed by atoms with Gasteiger partial charge < -0.3 is 9.30 Å². The number of benzene rings is 1. The highest BCUT2D eigenvalue weighted by Gasteiger charge is 2.31. The van der Waals surface area contributed by atoms with E-state index in [1.54, 1.807) is 13.2 Å². The Balaban J connectivity index is 1.92. The normalized spacial score (nSPS) is 16.5. The number of carbonyl (C=O) groups excluding carboxylic acids is 2. The number of nitrogens with zero attached hydrogens (tertiary/aromatic N) is 2. The second-order valence-electron chi connectivity index (χ2n) is 5.22. The van der Waals surface area contributed by atoms with Gasteiger partial charge in [0.1, 0.15) is 5.75 Å². The summed E-state index contributed by atoms with van der Waals surface area (Å²) in [5.41, 5.74) is 2.93. The maximum absolute atomic E-state index is 11.9. The molecule has 2 amide bonds. The Morgan fingerprint density at radius 3 is 2.43 bits per heavy atom. The topological polar surface area (TPSA) is 51.5 Å². The predicted molar refractivity (Wildman–Crippen MR) is 90.8 cm³/mol. The van der Waals surface area contributed by atoms with E-state index < -0.39 is 0 Å². The summed E-state index contributed by atoms with van der Waals surface area (Å²) in [7, 11) is 3.13. The Hall–Kier alpha value is -2.47. The van der Waals surface area contributed by atoms with Crippen molar-refractivity contribution in [3.05, 3.63) is 52.7 Å². The number of likely N-dealkylation sites (N-methyl/N-ethyl adjacent to an activating group) is 1. The second-order valence-corrected chi connectivity index (χ2v) is 6.22. The van der Waals surface area contributed by atoms with E-state index in [-0.39, 0.29) is 11.1 Å². The van der Waals surface area contributed by atoms with E-state index in [1.165, 1.54) is 7.05 Å². The van der Waals surface area contributed by atoms with Crippen LogP contribution in [0.15, 0.2) is 41.4 Å². The average molecular weight is 328 g/mol. The van der Waals surface area contributed by atoms with Gasteiger partial charge in [-0.3, -0.25) is 14.5 Å². The molecule has 2 aromatic rings. The SMILES string of the molecule is COc1ccc(-n2cc(/C=C3\SC(=O)N(C)C3=O)cc2C)cc1. The first kappa shape index (κ1) is 15.4. The summed E-state index contributed by atoms with van der Waals surface area (Å²) >= 11 is 0.965. The number of aromatic nitrogens is 1. The fourth-order valence-corrected chi connectivity index (χ4v) is 3.22. The van der Waals surface area contributed by atoms with Gasteiger partial charge in [-0.05, 0) is 60.7 Å². The molecule has 3 rings (SSSR count). The molecule has 1 aliphatic rings. The number of methoxy groups -OCH3 is 1. The van der Waals surface area contributed by atoms with Crippen LogP contribution in [0, 0.1) is 6.92 Å². The molecule has 0 N–H and O–H groups in total. The number of amides is 2. The van der Waals surface area contributed by atoms with E-state index in [0.29, 0.717) is 4.91 Å². The van der Waals surface area contributed by atoms with E-state index in [9.17, 15) is 9.59 Å². The predicted octanol–water partition coefficient (Wildman–Crippen LogP) is 3.46. The van der Waals surface area contributed by atoms with Crippen molar-refractivity contribution in [1.29, 1.82) is 0 Å². The molecule has 0 radical (unpaired) electrons. The first-order valence-electron chi connectivity index (χ1n) is 7.04. The minimum Gasteiger partial charge on any atom is -0.497 e. The van der Waals surface area contributed by atoms with Crippen LogP contribution in [-0.4, -0.2) is 34.8 Å². The Labute approximate surface area is 138 Å². The lowest BCUT2D eigenvalue weighted by Gasteiger charge is -2.06. The van der Waals surface area contributed by atoms with E-state index >= 15 is 0 Å². The van der Waals surface area contributed by atoms with Crippen LogP contribution in [0.1, 0.15) is 11.3 Å². The number of thioether (sulfide) groups is 1. The molecule has 1 aromatic heterocycles. The number of imide groups is 1. The third-order valence-electron chi connectivity index (χ3n) is 3.67. The highest BCUT2D eigenvalue weighted by Crippen LogP contribution is 2.31. The van der Waals surface area contributed by atoms with Crippen LogP contribution < -0.4 is 4.74 Å². The molecule has 0 bridgehead atoms. The van der Waals surface area contributed by atoms with E-state index in [4.69, 9.17) is 4.74 Å². The fraction of sp³-hybridized carbons (Fsp3) is 0.176. The summed E-state index contributed by atoms with van der Waals surface area (Å²) in [4.78, 5) is 25.1. The smallest absolute Gasteiger partial charge is 0.293 e. The minimum atomic E-state index is -0.255. The Morgan fingerprint density at radius 2 is 1.87 bits per heavy atom. The molecular weight excluding hydrogens is 312 g/mol. The molecule has 1 aliphatic heterocycles. The molecule has 2 heterocycles. The Kier molecular flexibility index (Phi) is 4.00. The third kappa shape index (κ3) is 2.90. The number of hydrogen-bond acceptors (Lipinski definition) is 4. The second kappa shape index (κ2) is 5.96. The summed E-state index contributed by atoms with van der Waals surface area (Å²) in [6.07, 6.45) is 3.70. The molecule has 1 aromatic carbocycles. The van der Waals surface area contributed by atoms with E-state index in [0.717, 1.165) is 39.4 Å². The summed E-state index contributed by atoms with van der Waals surface area (Å²) in [5.74, 6) is 0.547. The van der Waals surface area contributed by atoms with Gasteiger partial charge in [0.2, 0.25) is 0 Å². The highest BCUT2D eigenvalue weighted by atomic mass is 32.2. The van der Waals surface area contributed by atoms with Gasteiger partial charge in [0.15, 0.2) is 0 Å². The van der Waals surface area contributed by atoms with Crippen molar-refractivity contribution in [1.82, 2.24) is 9.47 Å². The van der Waals surface area contributed by atoms with Crippen LogP contribution in [-0.2, 0) is 4.79 Å². The third-order valence-corrected chi connectivity index (χ3v) is 4.63. The maximum Gasteiger partial charge on any atom is 0.293 e. The van der Waals surface area contributed by atoms with Gasteiger partial charge in [-0.25, -0.2) is 0 Å². The highest BCUT2D eigenvalue weighted by molar-refractivity contribution is 8.18. The number of ether oxygens (including phenoxy) is 1. The number of aryl methyl sites for hydroxylation is 1. The van der Waals surface area contributed by atoms with Gasteiger partial charge in [-0.2, -0.15) is 0 Å². The van der Waals surface area contributed by atoms with Crippen molar-refractivity contribution in [3.63, 3.8) is 0 Å². The van der Waals surface area contributed by atoms with Crippen molar-refractivity contribution in [3.8, 4) is 11.4 Å². The van der Waals surface area contributed by atoms with Crippen molar-refractivity contribution < 1.29 is 14.3 Å². The molecule has 0 atom stereocenters. The van der Waals surface area contributed by atoms with Crippen LogP contribution in [0.25, 0.3) is 11.8 Å². The molecule has 5 nitrogen and oxygen atoms in total. The summed E-state index contributed by atoms with van der Waals surface area (Å²) in [6, 6.07) is 9.71. The summed E-state index contributed by atoms with van der Waals surface area (Å²) < 4.78 is 7.19. The standard InChI is InChI=1S/C17H16N2O3S/c1-11-8-12(9-15-16(20)18(2)17(21)23-15)10-19(11)13-4-6-14(22-3)7-5-13/h4-10H,1-3H3/b15-9-. The van der Waals surface area contributed by atoms with Crippen molar-refractivity contribution >= 4 is 29.0 Å². The van der Waals surface area contributed by atoms with Crippen molar-refractivity contribution in [2.24, 2.45) is 0 Å². The first-order valence-corrected chi connectivity index (χ1v) is 7.86. The molecule has 0 spiro atoms. The zero-order valence-corrected chi connectivity index (χ0v) is 13.9. The maximum atomic E-state index is 11.9. The van der Waals surface area contributed by atoms with Crippen LogP contribution in [0.2, 0.25) is 0 Å². The number of rotatable bonds is 3. The molecule has 23 heavy (non-hydrogen) atoms. The molecule has 1 fully saturated rings. The van der Waals surface area contributed by atoms with Gasteiger partial charge in [0.25, 0.3) is 11.1 Å². The van der Waals surface area contributed by atoms with Gasteiger partial charge >= 0.3 is 0 Å². The van der Waals surface area contributed by atoms with Gasteiger partial charge in [0, 0.05) is 24.6 Å². The lowest BCUT2D eigenvalue weighted by Crippen LogP contribution is -2.22. The summed E-state index contributed by atoms with van der Waals surface area (Å²) in [6.45, 7) is 1.99. The molecule has 0 unspecified atom stereocenters. The lowest BCUT2D eigenvalue weighted by molar-refractivity contribution is -0.121. The Morgan fingerprint density at radius 1 is 1.17 bits per heavy atom. The van der Waals surface area contributed by atoms with Crippen LogP contribution in [0.4, 0.5) is 4.79 Å². The minimum absolute atomic E-state index is 0.243. The first-order chi connectivity index (χ1) is 11.0. The van der Waals surface area contributed by atoms with Gasteiger partial charge in [-0.1, -0.05) is 0 Å². The molecule has 0 saturated carbocycles. The zero-order chi connectivity index (χ0) is 16.6. The molecular formula is C17H16N2O3S. The summed E-state index contributed by atoms with van der Waals surface area (Å²) in [5, 5.41) is -0.243. The van der Waals surface area contributed by atoms with Gasteiger partial charge in [0.05, 0.1) is 12.0 Å². The van der Waals surface area contributed by atoms with Gasteiger partial charge in [-0.15, -0.1) is 0 Å². The van der Waals surface area contributed by atoms with Crippen LogP contribution in [0.3, 0.4) is 0 Å². The number of carbonyl (C=O) groups is 2. The molecule has 1 saturated heterocycles. The molecule has 6 heteroatoms. The van der Waals surface area contributed by atoms with E-state index in [1.807, 2.05) is 48.0 Å². The van der Waals surface area contributed by atoms with E-state index in [2.05, 4.69) is 0 Å². The zero-order valence-electron chi connectivity index (χ0n) is 13.1. The number of hydrogen-bond donors (Lipinski definition) is 0. The van der Waals surface area contributed by atoms with Crippen LogP contribution in [0.5, 0.6) is 5.75 Å². The molecule has 118 valence electrons. The monoisotopic (exact) mass is 328 g/mol.